The molecule has 0 amide bonds. The van der Waals surface area contributed by atoms with Gasteiger partial charge < -0.3 is 14.8 Å². The highest BCUT2D eigenvalue weighted by Gasteiger charge is 2.04. The molecule has 0 saturated carbocycles. The van der Waals surface area contributed by atoms with Gasteiger partial charge in [-0.25, -0.2) is 4.98 Å². The summed E-state index contributed by atoms with van der Waals surface area (Å²) in [5.41, 5.74) is 1.91. The number of pyridine rings is 1. The van der Waals surface area contributed by atoms with Crippen molar-refractivity contribution in [3.8, 4) is 11.6 Å². The fourth-order valence-electron chi connectivity index (χ4n) is 1.80. The first-order valence-electron chi connectivity index (χ1n) is 6.38. The Kier molecular flexibility index (Phi) is 5.07. The van der Waals surface area contributed by atoms with Gasteiger partial charge in [0.25, 0.3) is 0 Å². The van der Waals surface area contributed by atoms with E-state index in [0.717, 1.165) is 17.0 Å². The Bertz CT molecular complexity index is 558. The third-order valence-corrected chi connectivity index (χ3v) is 2.99. The SMILES string of the molecule is CCOc1ccc(NCc2cc(Cl)ccc2OC)cn1. The Balaban J connectivity index is 2.02. The molecule has 0 saturated heterocycles. The molecule has 20 heavy (non-hydrogen) atoms. The Morgan fingerprint density at radius 2 is 2.10 bits per heavy atom. The molecule has 0 unspecified atom stereocenters. The summed E-state index contributed by atoms with van der Waals surface area (Å²) in [6, 6.07) is 9.31. The van der Waals surface area contributed by atoms with Gasteiger partial charge in [-0.2, -0.15) is 0 Å². The largest absolute Gasteiger partial charge is 0.496 e. The molecule has 2 aromatic rings. The van der Waals surface area contributed by atoms with Crippen molar-refractivity contribution in [2.45, 2.75) is 13.5 Å². The monoisotopic (exact) mass is 292 g/mol. The number of nitrogens with one attached hydrogen (secondary N) is 1. The van der Waals surface area contributed by atoms with E-state index in [2.05, 4.69) is 10.3 Å². The fourth-order valence-corrected chi connectivity index (χ4v) is 2.00. The normalized spacial score (nSPS) is 10.2. The van der Waals surface area contributed by atoms with Crippen LogP contribution in [-0.2, 0) is 6.54 Å². The molecule has 0 atom stereocenters. The zero-order chi connectivity index (χ0) is 14.4. The Hall–Kier alpha value is -1.94. The number of halogens is 1. The fraction of sp³-hybridized carbons (Fsp3) is 0.267. The number of nitrogens with zero attached hydrogens (tertiary/aromatic N) is 1. The third kappa shape index (κ3) is 3.78. The second-order valence-corrected chi connectivity index (χ2v) is 4.56. The van der Waals surface area contributed by atoms with Crippen molar-refractivity contribution < 1.29 is 9.47 Å². The van der Waals surface area contributed by atoms with Gasteiger partial charge in [0.15, 0.2) is 0 Å². The Morgan fingerprint density at radius 3 is 2.75 bits per heavy atom. The molecule has 0 radical (unpaired) electrons. The van der Waals surface area contributed by atoms with Crippen molar-refractivity contribution in [3.63, 3.8) is 0 Å². The molecule has 1 aromatic heterocycles. The smallest absolute Gasteiger partial charge is 0.213 e. The molecular weight excluding hydrogens is 276 g/mol. The molecule has 0 fully saturated rings. The van der Waals surface area contributed by atoms with Crippen LogP contribution in [0.3, 0.4) is 0 Å². The van der Waals surface area contributed by atoms with E-state index in [4.69, 9.17) is 21.1 Å². The standard InChI is InChI=1S/C15H17ClN2O2/c1-3-20-15-7-5-13(10-18-15)17-9-11-8-12(16)4-6-14(11)19-2/h4-8,10,17H,3,9H2,1-2H3. The molecule has 0 bridgehead atoms. The number of hydrogen-bond acceptors (Lipinski definition) is 4. The van der Waals surface area contributed by atoms with Crippen LogP contribution in [0.4, 0.5) is 5.69 Å². The van der Waals surface area contributed by atoms with Crippen molar-refractivity contribution in [2.75, 3.05) is 19.0 Å². The van der Waals surface area contributed by atoms with Crippen molar-refractivity contribution in [3.05, 3.63) is 47.1 Å². The van der Waals surface area contributed by atoms with Gasteiger partial charge in [0, 0.05) is 23.2 Å². The van der Waals surface area contributed by atoms with E-state index in [-0.39, 0.29) is 0 Å². The summed E-state index contributed by atoms with van der Waals surface area (Å²) >= 11 is 6.00. The molecule has 0 aliphatic carbocycles. The van der Waals surface area contributed by atoms with Gasteiger partial charge in [-0.3, -0.25) is 0 Å². The van der Waals surface area contributed by atoms with Crippen LogP contribution in [0.5, 0.6) is 11.6 Å². The topological polar surface area (TPSA) is 43.4 Å². The molecule has 106 valence electrons. The van der Waals surface area contributed by atoms with Crippen molar-refractivity contribution in [1.29, 1.82) is 0 Å². The summed E-state index contributed by atoms with van der Waals surface area (Å²) in [5, 5.41) is 3.96. The predicted octanol–water partition coefficient (Wildman–Crippen LogP) is 3.75. The van der Waals surface area contributed by atoms with Crippen molar-refractivity contribution in [2.24, 2.45) is 0 Å². The lowest BCUT2D eigenvalue weighted by molar-refractivity contribution is 0.327. The maximum atomic E-state index is 6.00. The van der Waals surface area contributed by atoms with Crippen LogP contribution in [0.2, 0.25) is 5.02 Å². The van der Waals surface area contributed by atoms with E-state index < -0.39 is 0 Å². The molecule has 0 aliphatic rings. The molecule has 1 heterocycles. The van der Waals surface area contributed by atoms with Gasteiger partial charge >= 0.3 is 0 Å². The van der Waals surface area contributed by atoms with Gasteiger partial charge in [-0.15, -0.1) is 0 Å². The maximum absolute atomic E-state index is 6.00. The quantitative estimate of drug-likeness (QED) is 0.880. The average Bonchev–Trinajstić information content (AvgIpc) is 2.47. The summed E-state index contributed by atoms with van der Waals surface area (Å²) in [6.45, 7) is 3.15. The third-order valence-electron chi connectivity index (χ3n) is 2.75. The van der Waals surface area contributed by atoms with Gasteiger partial charge in [0.05, 0.1) is 25.6 Å². The van der Waals surface area contributed by atoms with E-state index in [1.165, 1.54) is 0 Å². The molecule has 0 aliphatic heterocycles. The van der Waals surface area contributed by atoms with E-state index in [1.807, 2.05) is 37.3 Å². The first kappa shape index (κ1) is 14.5. The Morgan fingerprint density at radius 1 is 1.25 bits per heavy atom. The van der Waals surface area contributed by atoms with Crippen LogP contribution >= 0.6 is 11.6 Å². The maximum Gasteiger partial charge on any atom is 0.213 e. The van der Waals surface area contributed by atoms with Crippen LogP contribution in [-0.4, -0.2) is 18.7 Å². The number of hydrogen-bond donors (Lipinski definition) is 1. The summed E-state index contributed by atoms with van der Waals surface area (Å²) in [7, 11) is 1.64. The first-order chi connectivity index (χ1) is 9.72. The number of methoxy groups -OCH3 is 1. The lowest BCUT2D eigenvalue weighted by atomic mass is 10.2. The average molecular weight is 293 g/mol. The molecular formula is C15H17ClN2O2. The molecule has 0 spiro atoms. The second-order valence-electron chi connectivity index (χ2n) is 4.13. The van der Waals surface area contributed by atoms with Gasteiger partial charge in [-0.1, -0.05) is 11.6 Å². The highest BCUT2D eigenvalue weighted by atomic mass is 35.5. The van der Waals surface area contributed by atoms with Gasteiger partial charge in [-0.05, 0) is 31.2 Å². The minimum atomic E-state index is 0.611. The summed E-state index contributed by atoms with van der Waals surface area (Å²) in [4.78, 5) is 4.20. The first-order valence-corrected chi connectivity index (χ1v) is 6.76. The second kappa shape index (κ2) is 7.01. The number of rotatable bonds is 6. The Labute approximate surface area is 123 Å². The minimum absolute atomic E-state index is 0.611. The number of benzene rings is 1. The molecule has 4 nitrogen and oxygen atoms in total. The van der Waals surface area contributed by atoms with E-state index >= 15 is 0 Å². The van der Waals surface area contributed by atoms with Crippen LogP contribution in [0.25, 0.3) is 0 Å². The van der Waals surface area contributed by atoms with E-state index in [0.29, 0.717) is 24.1 Å². The van der Waals surface area contributed by atoms with E-state index in [1.54, 1.807) is 13.3 Å². The molecule has 1 aromatic carbocycles. The minimum Gasteiger partial charge on any atom is -0.496 e. The summed E-state index contributed by atoms with van der Waals surface area (Å²) in [6.07, 6.45) is 1.74. The molecule has 5 heteroatoms. The van der Waals surface area contributed by atoms with Crippen LogP contribution in [0.15, 0.2) is 36.5 Å². The zero-order valence-corrected chi connectivity index (χ0v) is 12.3. The number of ether oxygens (including phenoxy) is 2. The van der Waals surface area contributed by atoms with Crippen LogP contribution in [0.1, 0.15) is 12.5 Å². The lowest BCUT2D eigenvalue weighted by Crippen LogP contribution is -2.02. The van der Waals surface area contributed by atoms with Gasteiger partial charge in [0.2, 0.25) is 5.88 Å². The van der Waals surface area contributed by atoms with Crippen LogP contribution < -0.4 is 14.8 Å². The van der Waals surface area contributed by atoms with E-state index in [9.17, 15) is 0 Å². The zero-order valence-electron chi connectivity index (χ0n) is 11.5. The van der Waals surface area contributed by atoms with Crippen molar-refractivity contribution >= 4 is 17.3 Å². The number of aromatic nitrogens is 1. The highest BCUT2D eigenvalue weighted by Crippen LogP contribution is 2.23. The predicted molar refractivity (Wildman–Crippen MR) is 80.7 cm³/mol. The highest BCUT2D eigenvalue weighted by molar-refractivity contribution is 6.30. The number of anilines is 1. The molecule has 1 N–H and O–H groups in total. The lowest BCUT2D eigenvalue weighted by Gasteiger charge is -2.11. The van der Waals surface area contributed by atoms with Crippen LogP contribution in [0, 0.1) is 0 Å². The summed E-state index contributed by atoms with van der Waals surface area (Å²) in [5.74, 6) is 1.43. The summed E-state index contributed by atoms with van der Waals surface area (Å²) < 4.78 is 10.6. The van der Waals surface area contributed by atoms with Crippen molar-refractivity contribution in [1.82, 2.24) is 4.98 Å². The molecule has 2 rings (SSSR count). The van der Waals surface area contributed by atoms with Gasteiger partial charge in [0.1, 0.15) is 5.75 Å².